The minimum atomic E-state index is -0.304. The maximum Gasteiger partial charge on any atom is 0.228 e. The van der Waals surface area contributed by atoms with Gasteiger partial charge in [-0.1, -0.05) is 42.5 Å². The van der Waals surface area contributed by atoms with E-state index in [2.05, 4.69) is 22.8 Å². The van der Waals surface area contributed by atoms with E-state index in [-0.39, 0.29) is 30.2 Å². The standard InChI is InChI=1S/C21H22N2O2/c24-20-13-17(12-19(23-20)16-4-2-1-3-5-16)21(25)22-18-10-8-15(9-11-18)14-6-7-14/h1-5,8-11,14,17,19H,6-7,12-13H2,(H,22,25)(H,23,24)/t17-,19-/m1/s1. The highest BCUT2D eigenvalue weighted by molar-refractivity contribution is 5.96. The van der Waals surface area contributed by atoms with Gasteiger partial charge in [0.05, 0.1) is 6.04 Å². The van der Waals surface area contributed by atoms with Gasteiger partial charge in [0, 0.05) is 18.0 Å². The average Bonchev–Trinajstić information content (AvgIpc) is 3.48. The fourth-order valence-corrected chi connectivity index (χ4v) is 3.51. The molecule has 1 saturated heterocycles. The van der Waals surface area contributed by atoms with Crippen molar-refractivity contribution in [2.45, 2.75) is 37.6 Å². The molecule has 2 atom stereocenters. The second-order valence-corrected chi connectivity index (χ2v) is 7.05. The minimum absolute atomic E-state index is 0.0654. The summed E-state index contributed by atoms with van der Waals surface area (Å²) in [6.45, 7) is 0. The lowest BCUT2D eigenvalue weighted by Crippen LogP contribution is -2.40. The molecule has 0 spiro atoms. The van der Waals surface area contributed by atoms with E-state index in [0.717, 1.165) is 11.3 Å². The van der Waals surface area contributed by atoms with Crippen molar-refractivity contribution < 1.29 is 9.59 Å². The van der Waals surface area contributed by atoms with Crippen LogP contribution in [0.2, 0.25) is 0 Å². The third-order valence-electron chi connectivity index (χ3n) is 5.09. The first-order valence-electron chi connectivity index (χ1n) is 8.94. The van der Waals surface area contributed by atoms with E-state index in [1.807, 2.05) is 42.5 Å². The smallest absolute Gasteiger partial charge is 0.228 e. The molecule has 0 bridgehead atoms. The average molecular weight is 334 g/mol. The number of hydrogen-bond acceptors (Lipinski definition) is 2. The molecule has 4 rings (SSSR count). The molecule has 0 aromatic heterocycles. The van der Waals surface area contributed by atoms with E-state index in [4.69, 9.17) is 0 Å². The van der Waals surface area contributed by atoms with E-state index in [1.54, 1.807) is 0 Å². The van der Waals surface area contributed by atoms with Crippen LogP contribution in [-0.4, -0.2) is 11.8 Å². The van der Waals surface area contributed by atoms with Crippen molar-refractivity contribution in [3.05, 3.63) is 65.7 Å². The Balaban J connectivity index is 1.42. The van der Waals surface area contributed by atoms with Crippen LogP contribution in [0.3, 0.4) is 0 Å². The number of nitrogens with one attached hydrogen (secondary N) is 2. The number of carbonyl (C=O) groups is 2. The summed E-state index contributed by atoms with van der Waals surface area (Å²) in [5.74, 6) is 0.264. The molecular formula is C21H22N2O2. The summed E-state index contributed by atoms with van der Waals surface area (Å²) in [5, 5.41) is 5.96. The third-order valence-corrected chi connectivity index (χ3v) is 5.09. The first kappa shape index (κ1) is 15.9. The highest BCUT2D eigenvalue weighted by Crippen LogP contribution is 2.40. The van der Waals surface area contributed by atoms with Gasteiger partial charge in [0.15, 0.2) is 0 Å². The minimum Gasteiger partial charge on any atom is -0.349 e. The van der Waals surface area contributed by atoms with Gasteiger partial charge in [0.25, 0.3) is 0 Å². The van der Waals surface area contributed by atoms with Crippen LogP contribution >= 0.6 is 0 Å². The van der Waals surface area contributed by atoms with Gasteiger partial charge >= 0.3 is 0 Å². The van der Waals surface area contributed by atoms with Crippen molar-refractivity contribution >= 4 is 17.5 Å². The normalized spacial score (nSPS) is 23.0. The van der Waals surface area contributed by atoms with Crippen molar-refractivity contribution in [1.29, 1.82) is 0 Å². The molecule has 1 aliphatic carbocycles. The third kappa shape index (κ3) is 3.73. The van der Waals surface area contributed by atoms with Gasteiger partial charge in [0.2, 0.25) is 11.8 Å². The highest BCUT2D eigenvalue weighted by Gasteiger charge is 2.32. The Morgan fingerprint density at radius 2 is 1.68 bits per heavy atom. The number of carbonyl (C=O) groups excluding carboxylic acids is 2. The number of rotatable bonds is 4. The fourth-order valence-electron chi connectivity index (χ4n) is 3.51. The molecule has 1 saturated carbocycles. The molecule has 4 nitrogen and oxygen atoms in total. The number of amides is 2. The summed E-state index contributed by atoms with van der Waals surface area (Å²) in [4.78, 5) is 24.7. The maximum absolute atomic E-state index is 12.6. The van der Waals surface area contributed by atoms with E-state index in [1.165, 1.54) is 18.4 Å². The summed E-state index contributed by atoms with van der Waals surface area (Å²) in [6, 6.07) is 17.8. The lowest BCUT2D eigenvalue weighted by molar-refractivity contribution is -0.131. The highest BCUT2D eigenvalue weighted by atomic mass is 16.2. The van der Waals surface area contributed by atoms with E-state index in [9.17, 15) is 9.59 Å². The van der Waals surface area contributed by atoms with Crippen LogP contribution < -0.4 is 10.6 Å². The molecule has 128 valence electrons. The predicted molar refractivity (Wildman–Crippen MR) is 97.1 cm³/mol. The Kier molecular flexibility index (Phi) is 4.26. The zero-order valence-corrected chi connectivity index (χ0v) is 14.1. The fraction of sp³-hybridized carbons (Fsp3) is 0.333. The summed E-state index contributed by atoms with van der Waals surface area (Å²) in [6.07, 6.45) is 3.41. The van der Waals surface area contributed by atoms with Gasteiger partial charge in [-0.2, -0.15) is 0 Å². The van der Waals surface area contributed by atoms with E-state index >= 15 is 0 Å². The molecule has 25 heavy (non-hydrogen) atoms. The lowest BCUT2D eigenvalue weighted by Gasteiger charge is -2.29. The molecule has 2 fully saturated rings. The van der Waals surface area contributed by atoms with Crippen LogP contribution in [0.5, 0.6) is 0 Å². The maximum atomic E-state index is 12.6. The molecule has 1 heterocycles. The van der Waals surface area contributed by atoms with Gasteiger partial charge in [-0.05, 0) is 48.4 Å². The Hall–Kier alpha value is -2.62. The quantitative estimate of drug-likeness (QED) is 0.894. The Labute approximate surface area is 147 Å². The van der Waals surface area contributed by atoms with Crippen LogP contribution in [0.4, 0.5) is 5.69 Å². The van der Waals surface area contributed by atoms with Crippen LogP contribution in [0.1, 0.15) is 48.8 Å². The monoisotopic (exact) mass is 334 g/mol. The molecule has 2 amide bonds. The lowest BCUT2D eigenvalue weighted by atomic mass is 9.87. The second kappa shape index (κ2) is 6.71. The van der Waals surface area contributed by atoms with Gasteiger partial charge in [-0.3, -0.25) is 9.59 Å². The second-order valence-electron chi connectivity index (χ2n) is 7.05. The number of benzene rings is 2. The number of anilines is 1. The summed E-state index contributed by atoms with van der Waals surface area (Å²) in [5.41, 5.74) is 3.19. The van der Waals surface area contributed by atoms with Gasteiger partial charge < -0.3 is 10.6 Å². The zero-order valence-electron chi connectivity index (χ0n) is 14.1. The molecule has 0 unspecified atom stereocenters. The molecule has 2 N–H and O–H groups in total. The van der Waals surface area contributed by atoms with Crippen LogP contribution in [-0.2, 0) is 9.59 Å². The summed E-state index contributed by atoms with van der Waals surface area (Å²) in [7, 11) is 0. The topological polar surface area (TPSA) is 58.2 Å². The van der Waals surface area contributed by atoms with Crippen LogP contribution in [0.25, 0.3) is 0 Å². The molecule has 4 heteroatoms. The van der Waals surface area contributed by atoms with Crippen molar-refractivity contribution in [2.24, 2.45) is 5.92 Å². The van der Waals surface area contributed by atoms with E-state index in [0.29, 0.717) is 12.3 Å². The molecule has 2 aromatic carbocycles. The van der Waals surface area contributed by atoms with Crippen molar-refractivity contribution in [3.8, 4) is 0 Å². The summed E-state index contributed by atoms with van der Waals surface area (Å²) >= 11 is 0. The molecule has 2 aliphatic rings. The Morgan fingerprint density at radius 3 is 2.36 bits per heavy atom. The first-order chi connectivity index (χ1) is 12.2. The molecule has 0 radical (unpaired) electrons. The van der Waals surface area contributed by atoms with Crippen molar-refractivity contribution in [3.63, 3.8) is 0 Å². The van der Waals surface area contributed by atoms with Crippen LogP contribution in [0, 0.1) is 5.92 Å². The SMILES string of the molecule is O=C1C[C@H](C(=O)Nc2ccc(C3CC3)cc2)C[C@H](c2ccccc2)N1. The van der Waals surface area contributed by atoms with Crippen molar-refractivity contribution in [1.82, 2.24) is 5.32 Å². The molecule has 1 aliphatic heterocycles. The molecule has 2 aromatic rings. The van der Waals surface area contributed by atoms with Crippen molar-refractivity contribution in [2.75, 3.05) is 5.32 Å². The number of hydrogen-bond donors (Lipinski definition) is 2. The predicted octanol–water partition coefficient (Wildman–Crippen LogP) is 3.77. The number of piperidine rings is 1. The van der Waals surface area contributed by atoms with Gasteiger partial charge in [-0.25, -0.2) is 0 Å². The largest absolute Gasteiger partial charge is 0.349 e. The molecular weight excluding hydrogens is 312 g/mol. The summed E-state index contributed by atoms with van der Waals surface area (Å²) < 4.78 is 0. The zero-order chi connectivity index (χ0) is 17.2. The Bertz CT molecular complexity index is 766. The van der Waals surface area contributed by atoms with E-state index < -0.39 is 0 Å². The first-order valence-corrected chi connectivity index (χ1v) is 8.94. The van der Waals surface area contributed by atoms with Gasteiger partial charge in [0.1, 0.15) is 0 Å². The Morgan fingerprint density at radius 1 is 0.960 bits per heavy atom. The van der Waals surface area contributed by atoms with Gasteiger partial charge in [-0.15, -0.1) is 0 Å². The van der Waals surface area contributed by atoms with Crippen LogP contribution in [0.15, 0.2) is 54.6 Å².